The van der Waals surface area contributed by atoms with Gasteiger partial charge in [0.25, 0.3) is 5.91 Å². The zero-order valence-electron chi connectivity index (χ0n) is 14.3. The van der Waals surface area contributed by atoms with Gasteiger partial charge in [-0.15, -0.1) is 0 Å². The fourth-order valence-corrected chi connectivity index (χ4v) is 3.83. The van der Waals surface area contributed by atoms with Crippen LogP contribution < -0.4 is 5.32 Å². The topological polar surface area (TPSA) is 62.3 Å². The van der Waals surface area contributed by atoms with E-state index in [-0.39, 0.29) is 29.0 Å². The number of rotatable bonds is 4. The van der Waals surface area contributed by atoms with Crippen molar-refractivity contribution >= 4 is 11.8 Å². The van der Waals surface area contributed by atoms with E-state index in [2.05, 4.69) is 10.3 Å². The third-order valence-electron chi connectivity index (χ3n) is 5.49. The fourth-order valence-electron chi connectivity index (χ4n) is 3.83. The Kier molecular flexibility index (Phi) is 4.18. The van der Waals surface area contributed by atoms with Crippen LogP contribution in [0.3, 0.4) is 0 Å². The molecule has 1 aromatic carbocycles. The van der Waals surface area contributed by atoms with Crippen LogP contribution in [0, 0.1) is 17.2 Å². The summed E-state index contributed by atoms with van der Waals surface area (Å²) in [6, 6.07) is 9.36. The molecule has 1 saturated carbocycles. The number of hydrogen-bond acceptors (Lipinski definition) is 3. The number of benzene rings is 1. The molecule has 2 fully saturated rings. The Morgan fingerprint density at radius 3 is 2.65 bits per heavy atom. The molecule has 1 spiro atoms. The molecule has 0 unspecified atom stereocenters. The van der Waals surface area contributed by atoms with Crippen LogP contribution in [-0.4, -0.2) is 34.8 Å². The van der Waals surface area contributed by atoms with E-state index in [1.807, 2.05) is 12.1 Å². The Morgan fingerprint density at radius 2 is 1.92 bits per heavy atom. The molecule has 1 saturated heterocycles. The van der Waals surface area contributed by atoms with Crippen LogP contribution in [-0.2, 0) is 11.3 Å². The van der Waals surface area contributed by atoms with Gasteiger partial charge in [0.1, 0.15) is 5.82 Å². The van der Waals surface area contributed by atoms with Gasteiger partial charge in [-0.2, -0.15) is 0 Å². The van der Waals surface area contributed by atoms with Crippen LogP contribution in [0.2, 0.25) is 0 Å². The number of aromatic nitrogens is 1. The molecule has 2 atom stereocenters. The zero-order chi connectivity index (χ0) is 18.1. The molecule has 1 aliphatic heterocycles. The molecule has 4 rings (SSSR count). The van der Waals surface area contributed by atoms with Gasteiger partial charge in [0.15, 0.2) is 0 Å². The number of nitrogens with zero attached hydrogens (tertiary/aromatic N) is 2. The van der Waals surface area contributed by atoms with E-state index >= 15 is 0 Å². The molecular weight excluding hydrogens is 333 g/mol. The van der Waals surface area contributed by atoms with Crippen molar-refractivity contribution in [3.05, 3.63) is 65.7 Å². The zero-order valence-corrected chi connectivity index (χ0v) is 14.3. The number of likely N-dealkylation sites (tertiary alicyclic amines) is 1. The van der Waals surface area contributed by atoms with Crippen molar-refractivity contribution in [2.75, 3.05) is 13.1 Å². The number of nitrogens with one attached hydrogen (secondary N) is 1. The number of halogens is 1. The Balaban J connectivity index is 1.33. The van der Waals surface area contributed by atoms with Gasteiger partial charge in [0, 0.05) is 48.9 Å². The highest BCUT2D eigenvalue weighted by atomic mass is 19.1. The quantitative estimate of drug-likeness (QED) is 0.918. The summed E-state index contributed by atoms with van der Waals surface area (Å²) in [5.41, 5.74) is 1.42. The number of carbonyl (C=O) groups excluding carboxylic acids is 2. The van der Waals surface area contributed by atoms with Crippen LogP contribution >= 0.6 is 0 Å². The monoisotopic (exact) mass is 353 g/mol. The predicted molar refractivity (Wildman–Crippen MR) is 93.5 cm³/mol. The van der Waals surface area contributed by atoms with Crippen molar-refractivity contribution in [1.82, 2.24) is 15.2 Å². The van der Waals surface area contributed by atoms with Gasteiger partial charge >= 0.3 is 0 Å². The molecule has 1 aliphatic carbocycles. The molecular formula is C20H20FN3O2. The van der Waals surface area contributed by atoms with Gasteiger partial charge in [0.2, 0.25) is 5.91 Å². The highest BCUT2D eigenvalue weighted by Crippen LogP contribution is 2.58. The van der Waals surface area contributed by atoms with E-state index < -0.39 is 0 Å². The summed E-state index contributed by atoms with van der Waals surface area (Å²) in [5, 5.41) is 2.98. The second-order valence-electron chi connectivity index (χ2n) is 7.18. The van der Waals surface area contributed by atoms with Crippen molar-refractivity contribution < 1.29 is 14.0 Å². The maximum absolute atomic E-state index is 13.0. The Bertz CT molecular complexity index is 825. The van der Waals surface area contributed by atoms with E-state index in [9.17, 15) is 14.0 Å². The maximum Gasteiger partial charge on any atom is 0.253 e. The highest BCUT2D eigenvalue weighted by molar-refractivity contribution is 5.94. The molecule has 2 amide bonds. The Hall–Kier alpha value is -2.76. The third-order valence-corrected chi connectivity index (χ3v) is 5.49. The summed E-state index contributed by atoms with van der Waals surface area (Å²) >= 11 is 0. The predicted octanol–water partition coefficient (Wildman–Crippen LogP) is 2.39. The van der Waals surface area contributed by atoms with E-state index in [1.54, 1.807) is 17.3 Å². The lowest BCUT2D eigenvalue weighted by atomic mass is 10.0. The largest absolute Gasteiger partial charge is 0.352 e. The number of carbonyl (C=O) groups is 2. The maximum atomic E-state index is 13.0. The minimum atomic E-state index is -0.354. The number of amides is 2. The second-order valence-corrected chi connectivity index (χ2v) is 7.18. The van der Waals surface area contributed by atoms with E-state index in [4.69, 9.17) is 0 Å². The smallest absolute Gasteiger partial charge is 0.253 e. The van der Waals surface area contributed by atoms with Gasteiger partial charge < -0.3 is 10.2 Å². The summed E-state index contributed by atoms with van der Waals surface area (Å²) in [6.07, 6.45) is 5.07. The summed E-state index contributed by atoms with van der Waals surface area (Å²) in [7, 11) is 0. The minimum Gasteiger partial charge on any atom is -0.352 e. The average molecular weight is 353 g/mol. The molecule has 0 radical (unpaired) electrons. The van der Waals surface area contributed by atoms with Crippen molar-refractivity contribution in [2.45, 2.75) is 19.4 Å². The SMILES string of the molecule is O=C(NCc1ccncc1)[C@@H]1C[C@@]12CCN(C(=O)c1ccc(F)cc1)C2. The van der Waals surface area contributed by atoms with E-state index in [0.29, 0.717) is 25.2 Å². The van der Waals surface area contributed by atoms with Crippen LogP contribution in [0.5, 0.6) is 0 Å². The molecule has 2 aliphatic rings. The lowest BCUT2D eigenvalue weighted by Crippen LogP contribution is -2.31. The van der Waals surface area contributed by atoms with Gasteiger partial charge in [-0.3, -0.25) is 14.6 Å². The molecule has 2 heterocycles. The summed E-state index contributed by atoms with van der Waals surface area (Å²) < 4.78 is 13.0. The molecule has 2 aromatic rings. The van der Waals surface area contributed by atoms with Crippen molar-refractivity contribution in [3.8, 4) is 0 Å². The molecule has 1 N–H and O–H groups in total. The summed E-state index contributed by atoms with van der Waals surface area (Å²) in [4.78, 5) is 30.8. The van der Waals surface area contributed by atoms with Gasteiger partial charge in [-0.25, -0.2) is 4.39 Å². The Labute approximate surface area is 151 Å². The van der Waals surface area contributed by atoms with E-state index in [1.165, 1.54) is 24.3 Å². The summed E-state index contributed by atoms with van der Waals surface area (Å²) in [5.74, 6) is -0.425. The van der Waals surface area contributed by atoms with Crippen LogP contribution in [0.25, 0.3) is 0 Å². The molecule has 5 nitrogen and oxygen atoms in total. The minimum absolute atomic E-state index is 0.0321. The van der Waals surface area contributed by atoms with Crippen LogP contribution in [0.1, 0.15) is 28.8 Å². The normalized spacial score (nSPS) is 23.9. The van der Waals surface area contributed by atoms with Crippen molar-refractivity contribution in [1.29, 1.82) is 0 Å². The summed E-state index contributed by atoms with van der Waals surface area (Å²) in [6.45, 7) is 1.73. The lowest BCUT2D eigenvalue weighted by Gasteiger charge is -2.17. The first-order chi connectivity index (χ1) is 12.6. The molecule has 26 heavy (non-hydrogen) atoms. The molecule has 0 bridgehead atoms. The van der Waals surface area contributed by atoms with Crippen LogP contribution in [0.4, 0.5) is 4.39 Å². The molecule has 134 valence electrons. The first-order valence-electron chi connectivity index (χ1n) is 8.79. The van der Waals surface area contributed by atoms with Gasteiger partial charge in [-0.05, 0) is 54.8 Å². The third kappa shape index (κ3) is 3.19. The number of pyridine rings is 1. The first kappa shape index (κ1) is 16.7. The van der Waals surface area contributed by atoms with Crippen molar-refractivity contribution in [2.24, 2.45) is 11.3 Å². The number of hydrogen-bond donors (Lipinski definition) is 1. The second kappa shape index (κ2) is 6.52. The highest BCUT2D eigenvalue weighted by Gasteiger charge is 2.61. The standard InChI is InChI=1S/C20H20FN3O2/c21-16-3-1-15(2-4-16)19(26)24-10-7-20(13-24)11-17(20)18(25)23-12-14-5-8-22-9-6-14/h1-6,8-9,17H,7,10-13H2,(H,23,25)/t17-,20+/m0/s1. The van der Waals surface area contributed by atoms with E-state index in [0.717, 1.165) is 18.4 Å². The fraction of sp³-hybridized carbons (Fsp3) is 0.350. The molecule has 1 aromatic heterocycles. The average Bonchev–Trinajstić information content (AvgIpc) is 3.20. The Morgan fingerprint density at radius 1 is 1.19 bits per heavy atom. The van der Waals surface area contributed by atoms with Gasteiger partial charge in [0.05, 0.1) is 0 Å². The first-order valence-corrected chi connectivity index (χ1v) is 8.79. The van der Waals surface area contributed by atoms with Crippen molar-refractivity contribution in [3.63, 3.8) is 0 Å². The van der Waals surface area contributed by atoms with Crippen LogP contribution in [0.15, 0.2) is 48.8 Å². The lowest BCUT2D eigenvalue weighted by molar-refractivity contribution is -0.123. The van der Waals surface area contributed by atoms with Gasteiger partial charge in [-0.1, -0.05) is 0 Å². The molecule has 6 heteroatoms.